The van der Waals surface area contributed by atoms with Crippen molar-refractivity contribution in [1.29, 1.82) is 0 Å². The van der Waals surface area contributed by atoms with E-state index in [1.807, 2.05) is 42.5 Å². The summed E-state index contributed by atoms with van der Waals surface area (Å²) in [5.41, 5.74) is 2.90. The lowest BCUT2D eigenvalue weighted by atomic mass is 10.1. The molecule has 1 fully saturated rings. The molecule has 1 atom stereocenters. The third-order valence-corrected chi connectivity index (χ3v) is 4.64. The van der Waals surface area contributed by atoms with Crippen LogP contribution in [0.25, 0.3) is 0 Å². The Kier molecular flexibility index (Phi) is 5.12. The van der Waals surface area contributed by atoms with Gasteiger partial charge in [-0.25, -0.2) is 0 Å². The number of hydrogen-bond donors (Lipinski definition) is 0. The Labute approximate surface area is 148 Å². The molecule has 130 valence electrons. The molecular weight excluding hydrogens is 314 g/mol. The smallest absolute Gasteiger partial charge is 0.228 e. The van der Waals surface area contributed by atoms with Crippen molar-refractivity contribution in [3.05, 3.63) is 59.9 Å². The monoisotopic (exact) mass is 337 g/mol. The first kappa shape index (κ1) is 17.1. The van der Waals surface area contributed by atoms with Crippen molar-refractivity contribution in [2.75, 3.05) is 18.5 Å². The SMILES string of the molecule is CCc1ccccc1N1C[C@@H](C(=O)N(C)Cc2ccccn2)CC1=O. The molecule has 0 spiro atoms. The Balaban J connectivity index is 1.70. The molecule has 5 nitrogen and oxygen atoms in total. The first-order valence-electron chi connectivity index (χ1n) is 8.63. The van der Waals surface area contributed by atoms with Crippen molar-refractivity contribution in [1.82, 2.24) is 9.88 Å². The van der Waals surface area contributed by atoms with Crippen molar-refractivity contribution >= 4 is 17.5 Å². The molecule has 25 heavy (non-hydrogen) atoms. The largest absolute Gasteiger partial charge is 0.340 e. The third-order valence-electron chi connectivity index (χ3n) is 4.64. The molecule has 2 aromatic rings. The molecule has 3 rings (SSSR count). The zero-order valence-corrected chi connectivity index (χ0v) is 14.7. The van der Waals surface area contributed by atoms with Crippen LogP contribution in [0.1, 0.15) is 24.6 Å². The van der Waals surface area contributed by atoms with Crippen molar-refractivity contribution in [2.45, 2.75) is 26.3 Å². The van der Waals surface area contributed by atoms with E-state index in [0.717, 1.165) is 23.4 Å². The lowest BCUT2D eigenvalue weighted by molar-refractivity contribution is -0.135. The maximum Gasteiger partial charge on any atom is 0.228 e. The number of pyridine rings is 1. The third kappa shape index (κ3) is 3.71. The zero-order valence-electron chi connectivity index (χ0n) is 14.7. The molecule has 0 aliphatic carbocycles. The Hall–Kier alpha value is -2.69. The highest BCUT2D eigenvalue weighted by molar-refractivity contribution is 6.00. The molecule has 0 radical (unpaired) electrons. The number of aryl methyl sites for hydroxylation is 1. The second-order valence-electron chi connectivity index (χ2n) is 6.40. The van der Waals surface area contributed by atoms with Gasteiger partial charge in [-0.15, -0.1) is 0 Å². The van der Waals surface area contributed by atoms with Crippen molar-refractivity contribution < 1.29 is 9.59 Å². The molecular formula is C20H23N3O2. The van der Waals surface area contributed by atoms with Crippen LogP contribution < -0.4 is 4.90 Å². The van der Waals surface area contributed by atoms with Gasteiger partial charge in [-0.05, 0) is 30.2 Å². The fourth-order valence-corrected chi connectivity index (χ4v) is 3.30. The molecule has 1 saturated heterocycles. The number of amides is 2. The van der Waals surface area contributed by atoms with Crippen LogP contribution in [0.4, 0.5) is 5.69 Å². The number of anilines is 1. The van der Waals surface area contributed by atoms with E-state index in [2.05, 4.69) is 11.9 Å². The summed E-state index contributed by atoms with van der Waals surface area (Å²) in [4.78, 5) is 32.9. The zero-order chi connectivity index (χ0) is 17.8. The first-order chi connectivity index (χ1) is 12.1. The summed E-state index contributed by atoms with van der Waals surface area (Å²) in [5, 5.41) is 0. The highest BCUT2D eigenvalue weighted by atomic mass is 16.2. The maximum atomic E-state index is 12.7. The van der Waals surface area contributed by atoms with E-state index in [-0.39, 0.29) is 24.2 Å². The lowest BCUT2D eigenvalue weighted by Gasteiger charge is -2.22. The summed E-state index contributed by atoms with van der Waals surface area (Å²) in [7, 11) is 1.77. The summed E-state index contributed by atoms with van der Waals surface area (Å²) in [6.07, 6.45) is 2.84. The lowest BCUT2D eigenvalue weighted by Crippen LogP contribution is -2.34. The van der Waals surface area contributed by atoms with E-state index in [1.165, 1.54) is 0 Å². The second kappa shape index (κ2) is 7.47. The van der Waals surface area contributed by atoms with Gasteiger partial charge in [-0.2, -0.15) is 0 Å². The Morgan fingerprint density at radius 2 is 2.00 bits per heavy atom. The normalized spacial score (nSPS) is 17.0. The average molecular weight is 337 g/mol. The molecule has 1 aromatic carbocycles. The van der Waals surface area contributed by atoms with E-state index < -0.39 is 0 Å². The molecule has 0 bridgehead atoms. The van der Waals surface area contributed by atoms with Crippen LogP contribution in [0, 0.1) is 5.92 Å². The highest BCUT2D eigenvalue weighted by Crippen LogP contribution is 2.29. The standard InChI is InChI=1S/C20H23N3O2/c1-3-15-8-4-5-10-18(15)23-13-16(12-19(23)24)20(25)22(2)14-17-9-6-7-11-21-17/h4-11,16H,3,12-14H2,1-2H3/t16-/m0/s1. The van der Waals surface area contributed by atoms with Crippen LogP contribution in [0.15, 0.2) is 48.7 Å². The minimum absolute atomic E-state index is 0.00418. The predicted octanol–water partition coefficient (Wildman–Crippen LogP) is 2.66. The first-order valence-corrected chi connectivity index (χ1v) is 8.63. The molecule has 5 heteroatoms. The molecule has 2 amide bonds. The summed E-state index contributed by atoms with van der Waals surface area (Å²) < 4.78 is 0. The van der Waals surface area contributed by atoms with Gasteiger partial charge < -0.3 is 9.80 Å². The summed E-state index contributed by atoms with van der Waals surface area (Å²) in [5.74, 6) is -0.285. The van der Waals surface area contributed by atoms with Crippen LogP contribution in [0.5, 0.6) is 0 Å². The van der Waals surface area contributed by atoms with Gasteiger partial charge >= 0.3 is 0 Å². The highest BCUT2D eigenvalue weighted by Gasteiger charge is 2.37. The van der Waals surface area contributed by atoms with Crippen molar-refractivity contribution in [2.24, 2.45) is 5.92 Å². The molecule has 0 unspecified atom stereocenters. The van der Waals surface area contributed by atoms with Gasteiger partial charge in [0.15, 0.2) is 0 Å². The second-order valence-corrected chi connectivity index (χ2v) is 6.40. The Morgan fingerprint density at radius 1 is 1.24 bits per heavy atom. The minimum Gasteiger partial charge on any atom is -0.340 e. The van der Waals surface area contributed by atoms with Gasteiger partial charge in [0.05, 0.1) is 18.2 Å². The number of hydrogen-bond acceptors (Lipinski definition) is 3. The van der Waals surface area contributed by atoms with Crippen LogP contribution in [-0.2, 0) is 22.6 Å². The predicted molar refractivity (Wildman–Crippen MR) is 97.0 cm³/mol. The number of carbonyl (C=O) groups is 2. The van der Waals surface area contributed by atoms with E-state index in [0.29, 0.717) is 13.1 Å². The van der Waals surface area contributed by atoms with Crippen molar-refractivity contribution in [3.8, 4) is 0 Å². The van der Waals surface area contributed by atoms with E-state index in [1.54, 1.807) is 23.0 Å². The van der Waals surface area contributed by atoms with Crippen LogP contribution in [0.3, 0.4) is 0 Å². The minimum atomic E-state index is -0.300. The fourth-order valence-electron chi connectivity index (χ4n) is 3.30. The molecule has 2 heterocycles. The van der Waals surface area contributed by atoms with Gasteiger partial charge in [0.25, 0.3) is 0 Å². The van der Waals surface area contributed by atoms with Gasteiger partial charge in [-0.1, -0.05) is 31.2 Å². The number of rotatable bonds is 5. The average Bonchev–Trinajstić information content (AvgIpc) is 3.03. The fraction of sp³-hybridized carbons (Fsp3) is 0.350. The molecule has 1 aromatic heterocycles. The number of nitrogens with zero attached hydrogens (tertiary/aromatic N) is 3. The van der Waals surface area contributed by atoms with Crippen LogP contribution >= 0.6 is 0 Å². The number of carbonyl (C=O) groups excluding carboxylic acids is 2. The van der Waals surface area contributed by atoms with Gasteiger partial charge in [0.2, 0.25) is 11.8 Å². The van der Waals surface area contributed by atoms with Crippen LogP contribution in [0.2, 0.25) is 0 Å². The van der Waals surface area contributed by atoms with Crippen LogP contribution in [-0.4, -0.2) is 35.3 Å². The van der Waals surface area contributed by atoms with E-state index in [9.17, 15) is 9.59 Å². The molecule has 1 aliphatic rings. The molecule has 0 saturated carbocycles. The van der Waals surface area contributed by atoms with Crippen molar-refractivity contribution in [3.63, 3.8) is 0 Å². The van der Waals surface area contributed by atoms with E-state index >= 15 is 0 Å². The van der Waals surface area contributed by atoms with Gasteiger partial charge in [0.1, 0.15) is 0 Å². The summed E-state index contributed by atoms with van der Waals surface area (Å²) >= 11 is 0. The maximum absolute atomic E-state index is 12.7. The van der Waals surface area contributed by atoms with Gasteiger partial charge in [0, 0.05) is 31.9 Å². The summed E-state index contributed by atoms with van der Waals surface area (Å²) in [6, 6.07) is 13.6. The number of para-hydroxylation sites is 1. The Morgan fingerprint density at radius 3 is 2.72 bits per heavy atom. The number of aromatic nitrogens is 1. The quantitative estimate of drug-likeness (QED) is 0.843. The molecule has 1 aliphatic heterocycles. The molecule has 0 N–H and O–H groups in total. The topological polar surface area (TPSA) is 53.5 Å². The Bertz CT molecular complexity index is 761. The number of benzene rings is 1. The summed E-state index contributed by atoms with van der Waals surface area (Å²) in [6.45, 7) is 2.97. The van der Waals surface area contributed by atoms with E-state index in [4.69, 9.17) is 0 Å². The van der Waals surface area contributed by atoms with Gasteiger partial charge in [-0.3, -0.25) is 14.6 Å².